The second kappa shape index (κ2) is 19.9. The van der Waals surface area contributed by atoms with Gasteiger partial charge in [0.2, 0.25) is 0 Å². The molecule has 0 aliphatic heterocycles. The van der Waals surface area contributed by atoms with Gasteiger partial charge in [-0.15, -0.1) is 0 Å². The van der Waals surface area contributed by atoms with Gasteiger partial charge in [0.25, 0.3) is 0 Å². The van der Waals surface area contributed by atoms with E-state index in [1.165, 1.54) is 0 Å². The highest BCUT2D eigenvalue weighted by Gasteiger charge is 2.63. The van der Waals surface area contributed by atoms with Crippen LogP contribution < -0.4 is 10.4 Å². The normalized spacial score (nSPS) is 29.2. The minimum Gasteiger partial charge on any atom is -0.438 e. The maximum absolute atomic E-state index is 12.5. The summed E-state index contributed by atoms with van der Waals surface area (Å²) < 4.78 is 31.9. The van der Waals surface area contributed by atoms with Crippen molar-refractivity contribution in [2.75, 3.05) is 0 Å². The third kappa shape index (κ3) is 11.4. The van der Waals surface area contributed by atoms with Crippen molar-refractivity contribution < 1.29 is 38.5 Å². The lowest BCUT2D eigenvalue weighted by Gasteiger charge is -2.49. The van der Waals surface area contributed by atoms with Crippen LogP contribution in [0.25, 0.3) is 11.1 Å². The third-order valence-corrected chi connectivity index (χ3v) is 22.5. The fourth-order valence-corrected chi connectivity index (χ4v) is 15.6. The summed E-state index contributed by atoms with van der Waals surface area (Å²) >= 11 is 0. The van der Waals surface area contributed by atoms with Gasteiger partial charge in [0.05, 0.1) is 22.4 Å². The molecule has 4 atom stereocenters. The molecule has 4 unspecified atom stereocenters. The average Bonchev–Trinajstić information content (AvgIpc) is 3.26. The summed E-state index contributed by atoms with van der Waals surface area (Å²) in [5.74, 6) is 2.54. The molecule has 1 aromatic rings. The first-order chi connectivity index (χ1) is 35.1. The van der Waals surface area contributed by atoms with Crippen LogP contribution in [0.15, 0.2) is 130 Å². The predicted octanol–water partition coefficient (Wildman–Crippen LogP) is 16.5. The lowest BCUT2D eigenvalue weighted by molar-refractivity contribution is -0.0193. The van der Waals surface area contributed by atoms with E-state index in [1.807, 2.05) is 48.6 Å². The van der Waals surface area contributed by atoms with E-state index >= 15 is 0 Å². The Balaban J connectivity index is 1.63. The van der Waals surface area contributed by atoms with Crippen LogP contribution in [0.1, 0.15) is 198 Å². The van der Waals surface area contributed by atoms with Crippen LogP contribution >= 0.6 is 16.8 Å². The molecule has 6 aliphatic carbocycles. The maximum atomic E-state index is 12.5. The van der Waals surface area contributed by atoms with E-state index in [0.717, 1.165) is 43.9 Å². The van der Waals surface area contributed by atoms with Crippen LogP contribution in [0.2, 0.25) is 0 Å². The Morgan fingerprint density at radius 1 is 0.372 bits per heavy atom. The number of benzene rings is 1. The Labute approximate surface area is 473 Å². The van der Waals surface area contributed by atoms with Gasteiger partial charge in [-0.1, -0.05) is 203 Å². The van der Waals surface area contributed by atoms with Crippen LogP contribution in [0, 0.1) is 43.3 Å². The molecule has 430 valence electrons. The van der Waals surface area contributed by atoms with E-state index in [0.29, 0.717) is 55.1 Å². The van der Waals surface area contributed by atoms with E-state index in [2.05, 4.69) is 203 Å². The van der Waals surface area contributed by atoms with Gasteiger partial charge in [0.1, 0.15) is 23.0 Å². The molecule has 78 heavy (non-hydrogen) atoms. The van der Waals surface area contributed by atoms with Crippen LogP contribution in [0.4, 0.5) is 0 Å². The molecule has 8 nitrogen and oxygen atoms in total. The second-order valence-electron chi connectivity index (χ2n) is 31.7. The monoisotopic (exact) mass is 1110 g/mol. The zero-order valence-corrected chi connectivity index (χ0v) is 54.2. The fraction of sp³-hybridized carbons (Fsp3) is 0.618. The number of aliphatic hydroxyl groups is 4. The molecule has 0 saturated heterocycles. The van der Waals surface area contributed by atoms with Crippen LogP contribution in [0.3, 0.4) is 0 Å². The molecular formula is C68H100O8P2. The topological polar surface area (TPSA) is 118 Å². The first kappa shape index (κ1) is 62.1. The quantitative estimate of drug-likeness (QED) is 0.171. The molecule has 6 aliphatic rings. The molecule has 4 N–H and O–H groups in total. The average molecular weight is 1110 g/mol. The van der Waals surface area contributed by atoms with Gasteiger partial charge in [-0.05, 0) is 142 Å². The summed E-state index contributed by atoms with van der Waals surface area (Å²) in [6.45, 7) is 51.1. The van der Waals surface area contributed by atoms with Gasteiger partial charge >= 0.3 is 16.8 Å². The summed E-state index contributed by atoms with van der Waals surface area (Å²) in [7, 11) is -4.54. The molecular weight excluding hydrogens is 1010 g/mol. The number of rotatable bonds is 10. The van der Waals surface area contributed by atoms with E-state index in [4.69, 9.17) is 18.1 Å². The van der Waals surface area contributed by atoms with Gasteiger partial charge in [0, 0.05) is 25.7 Å². The molecule has 0 spiro atoms. The number of fused-ring (bicyclic) bond motifs is 2. The van der Waals surface area contributed by atoms with Crippen LogP contribution in [-0.4, -0.2) is 47.7 Å². The number of hydrogen-bond donors (Lipinski definition) is 4. The Morgan fingerprint density at radius 2 is 0.628 bits per heavy atom. The van der Waals surface area contributed by atoms with Crippen LogP contribution in [0.5, 0.6) is 0 Å². The van der Waals surface area contributed by atoms with Crippen molar-refractivity contribution in [2.24, 2.45) is 43.3 Å². The Kier molecular flexibility index (Phi) is 15.8. The van der Waals surface area contributed by atoms with Crippen molar-refractivity contribution in [2.45, 2.75) is 226 Å². The summed E-state index contributed by atoms with van der Waals surface area (Å²) in [5.41, 5.74) is -2.47. The molecule has 0 fully saturated rings. The minimum absolute atomic E-state index is 0.349. The SMILES string of the molecule is CC(C)(C)C1=C(OP(OC2=C(C(C)(C)C)CC(O)(C(C)(C)C)C=C2)C2(P(OC3=C(C(C)(C)C)CC(O)(C(C)(C)C)C=C3)OC3=C(C(C)(C)C)CC(O)(C(C)(C)C)C=C3)CC=CC3=c4ccccc4=C32)C=CC(O)(C(C)(C)C)C1. The van der Waals surface area contributed by atoms with E-state index in [-0.39, 0.29) is 0 Å². The molecule has 0 heterocycles. The van der Waals surface area contributed by atoms with Gasteiger partial charge in [0.15, 0.2) is 4.90 Å². The van der Waals surface area contributed by atoms with E-state index in [9.17, 15) is 20.4 Å². The van der Waals surface area contributed by atoms with Crippen molar-refractivity contribution in [3.8, 4) is 0 Å². The third-order valence-electron chi connectivity index (χ3n) is 18.0. The van der Waals surface area contributed by atoms with Gasteiger partial charge in [-0.3, -0.25) is 0 Å². The zero-order chi connectivity index (χ0) is 58.8. The highest BCUT2D eigenvalue weighted by Crippen LogP contribution is 2.79. The molecule has 0 amide bonds. The molecule has 10 heteroatoms. The van der Waals surface area contributed by atoms with Crippen molar-refractivity contribution in [1.29, 1.82) is 0 Å². The van der Waals surface area contributed by atoms with Crippen LogP contribution in [-0.2, 0) is 18.1 Å². The lowest BCUT2D eigenvalue weighted by Crippen LogP contribution is -2.48. The first-order valence-electron chi connectivity index (χ1n) is 28.6. The summed E-state index contributed by atoms with van der Waals surface area (Å²) in [5, 5.41) is 52.3. The van der Waals surface area contributed by atoms with Crippen molar-refractivity contribution >= 4 is 27.9 Å². The Bertz CT molecular complexity index is 2670. The van der Waals surface area contributed by atoms with E-state index < -0.39 is 87.4 Å². The molecule has 0 aromatic heterocycles. The fourth-order valence-electron chi connectivity index (χ4n) is 11.2. The number of hydrogen-bond acceptors (Lipinski definition) is 8. The highest BCUT2D eigenvalue weighted by atomic mass is 31.2. The Hall–Kier alpha value is -3.48. The maximum Gasteiger partial charge on any atom is 0.314 e. The molecule has 0 saturated carbocycles. The summed E-state index contributed by atoms with van der Waals surface area (Å²) in [6, 6.07) is 8.53. The minimum atomic E-state index is -2.27. The van der Waals surface area contributed by atoms with Crippen molar-refractivity contribution in [3.63, 3.8) is 0 Å². The standard InChI is InChI=1S/C68H100O8P2/c1-56(2,3)47-40-64(69,60(13,14)15)36-31-51(47)73-77(74-52-32-37-65(70,61(16,17)18)41-48(52)57(4,5)6)68(35-27-30-46-44-28-25-26-29-45(44)55(46)68)78(75-53-33-38-66(71,62(19,20)21)42-49(53)58(7,8)9)76-54-34-39-67(72,63(22,23)24)43-50(54)59(10,11)12/h25-34,36-39,69-72H,35,40-43H2,1-24H3. The molecule has 7 rings (SSSR count). The highest BCUT2D eigenvalue weighted by molar-refractivity contribution is 7.69. The first-order valence-corrected chi connectivity index (χ1v) is 30.9. The molecule has 1 aromatic carbocycles. The smallest absolute Gasteiger partial charge is 0.314 e. The van der Waals surface area contributed by atoms with Gasteiger partial charge < -0.3 is 38.5 Å². The van der Waals surface area contributed by atoms with Crippen molar-refractivity contribution in [3.05, 3.63) is 141 Å². The van der Waals surface area contributed by atoms with Gasteiger partial charge in [-0.2, -0.15) is 0 Å². The predicted molar refractivity (Wildman–Crippen MR) is 326 cm³/mol. The number of allylic oxidation sites excluding steroid dienone is 6. The molecule has 0 bridgehead atoms. The summed E-state index contributed by atoms with van der Waals surface area (Å²) in [6.07, 6.45) is 21.8. The summed E-state index contributed by atoms with van der Waals surface area (Å²) in [4.78, 5) is -1.20. The lowest BCUT2D eigenvalue weighted by atomic mass is 9.67. The van der Waals surface area contributed by atoms with Gasteiger partial charge in [-0.25, -0.2) is 0 Å². The zero-order valence-electron chi connectivity index (χ0n) is 52.4. The second-order valence-corrected chi connectivity index (χ2v) is 35.4. The van der Waals surface area contributed by atoms with Crippen molar-refractivity contribution in [1.82, 2.24) is 0 Å². The largest absolute Gasteiger partial charge is 0.438 e. The van der Waals surface area contributed by atoms with E-state index in [1.54, 1.807) is 0 Å². The molecule has 0 radical (unpaired) electrons. The Morgan fingerprint density at radius 3 is 0.872 bits per heavy atom.